The molecule has 1 amide bonds. The molecule has 1 fully saturated rings. The van der Waals surface area contributed by atoms with Crippen molar-refractivity contribution >= 4 is 33.4 Å². The summed E-state index contributed by atoms with van der Waals surface area (Å²) in [5.74, 6) is 0.892. The van der Waals surface area contributed by atoms with Crippen LogP contribution in [0.2, 0.25) is 0 Å². The summed E-state index contributed by atoms with van der Waals surface area (Å²) in [6.07, 6.45) is 1.78. The number of carbonyl (C=O) groups is 1. The van der Waals surface area contributed by atoms with Gasteiger partial charge in [0.15, 0.2) is 0 Å². The van der Waals surface area contributed by atoms with E-state index >= 15 is 0 Å². The van der Waals surface area contributed by atoms with E-state index in [4.69, 9.17) is 4.74 Å². The molecule has 1 aliphatic heterocycles. The first-order chi connectivity index (χ1) is 14.2. The van der Waals surface area contributed by atoms with Crippen molar-refractivity contribution in [3.8, 4) is 5.75 Å². The smallest absolute Gasteiger partial charge is 0.270 e. The van der Waals surface area contributed by atoms with Crippen LogP contribution in [0.5, 0.6) is 5.75 Å². The fourth-order valence-electron chi connectivity index (χ4n) is 3.98. The van der Waals surface area contributed by atoms with E-state index in [-0.39, 0.29) is 5.91 Å². The molecule has 5 rings (SSSR count). The van der Waals surface area contributed by atoms with Crippen LogP contribution in [-0.4, -0.2) is 54.1 Å². The molecule has 29 heavy (non-hydrogen) atoms. The molecule has 0 unspecified atom stereocenters. The quantitative estimate of drug-likeness (QED) is 0.583. The van der Waals surface area contributed by atoms with Crippen LogP contribution < -0.4 is 9.64 Å². The number of pyridine rings is 1. The van der Waals surface area contributed by atoms with Gasteiger partial charge >= 0.3 is 0 Å². The molecule has 1 aliphatic rings. The molecule has 4 aromatic rings. The predicted molar refractivity (Wildman–Crippen MR) is 115 cm³/mol. The molecule has 1 saturated heterocycles. The molecule has 1 N–H and O–H groups in total. The van der Waals surface area contributed by atoms with Crippen LogP contribution in [0.4, 0.5) is 5.69 Å². The fraction of sp³-hybridized carbons (Fsp3) is 0.217. The van der Waals surface area contributed by atoms with Gasteiger partial charge in [-0.3, -0.25) is 9.78 Å². The zero-order chi connectivity index (χ0) is 19.8. The van der Waals surface area contributed by atoms with Gasteiger partial charge in [0.1, 0.15) is 11.4 Å². The number of rotatable bonds is 3. The Labute approximate surface area is 168 Å². The van der Waals surface area contributed by atoms with Crippen LogP contribution in [0.25, 0.3) is 21.8 Å². The second-order valence-electron chi connectivity index (χ2n) is 7.27. The molecule has 6 heteroatoms. The SMILES string of the molecule is COc1ccc(N2CCN(C(=O)c3cc4ccc5cccnc5c4[nH]3)CC2)cc1. The van der Waals surface area contributed by atoms with Crippen molar-refractivity contribution in [2.24, 2.45) is 0 Å². The number of methoxy groups -OCH3 is 1. The monoisotopic (exact) mass is 386 g/mol. The summed E-state index contributed by atoms with van der Waals surface area (Å²) in [7, 11) is 1.67. The minimum absolute atomic E-state index is 0.0414. The first-order valence-electron chi connectivity index (χ1n) is 9.78. The van der Waals surface area contributed by atoms with E-state index in [0.717, 1.165) is 46.3 Å². The van der Waals surface area contributed by atoms with Crippen LogP contribution in [0.15, 0.2) is 60.8 Å². The predicted octanol–water partition coefficient (Wildman–Crippen LogP) is 3.69. The number of H-pyrrole nitrogens is 1. The number of aromatic nitrogens is 2. The van der Waals surface area contributed by atoms with Gasteiger partial charge in [-0.15, -0.1) is 0 Å². The minimum Gasteiger partial charge on any atom is -0.497 e. The summed E-state index contributed by atoms with van der Waals surface area (Å²) in [5, 5.41) is 2.07. The zero-order valence-corrected chi connectivity index (χ0v) is 16.3. The molecule has 0 bridgehead atoms. The van der Waals surface area contributed by atoms with E-state index in [2.05, 4.69) is 27.0 Å². The van der Waals surface area contributed by atoms with Crippen LogP contribution >= 0.6 is 0 Å². The van der Waals surface area contributed by atoms with Crippen LogP contribution in [0, 0.1) is 0 Å². The lowest BCUT2D eigenvalue weighted by atomic mass is 10.1. The summed E-state index contributed by atoms with van der Waals surface area (Å²) >= 11 is 0. The van der Waals surface area contributed by atoms with E-state index in [1.807, 2.05) is 47.4 Å². The molecule has 0 spiro atoms. The summed E-state index contributed by atoms with van der Waals surface area (Å²) in [5.41, 5.74) is 3.59. The number of amides is 1. The molecular formula is C23H22N4O2. The molecule has 6 nitrogen and oxygen atoms in total. The number of nitrogens with zero attached hydrogens (tertiary/aromatic N) is 3. The third-order valence-electron chi connectivity index (χ3n) is 5.60. The second-order valence-corrected chi connectivity index (χ2v) is 7.27. The number of ether oxygens (including phenoxy) is 1. The Kier molecular flexibility index (Phi) is 4.31. The highest BCUT2D eigenvalue weighted by atomic mass is 16.5. The average molecular weight is 386 g/mol. The summed E-state index contributed by atoms with van der Waals surface area (Å²) in [6.45, 7) is 3.00. The molecular weight excluding hydrogens is 364 g/mol. The van der Waals surface area contributed by atoms with Crippen molar-refractivity contribution in [3.05, 3.63) is 66.5 Å². The number of nitrogens with one attached hydrogen (secondary N) is 1. The molecule has 0 atom stereocenters. The van der Waals surface area contributed by atoms with Gasteiger partial charge in [-0.25, -0.2) is 0 Å². The minimum atomic E-state index is 0.0414. The van der Waals surface area contributed by atoms with Gasteiger partial charge in [0, 0.05) is 48.8 Å². The Morgan fingerprint density at radius 3 is 2.52 bits per heavy atom. The molecule has 2 aromatic carbocycles. The van der Waals surface area contributed by atoms with Crippen molar-refractivity contribution in [3.63, 3.8) is 0 Å². The highest BCUT2D eigenvalue weighted by Gasteiger charge is 2.24. The van der Waals surface area contributed by atoms with E-state index in [1.165, 1.54) is 0 Å². The number of anilines is 1. The maximum Gasteiger partial charge on any atom is 0.270 e. The third kappa shape index (κ3) is 3.16. The lowest BCUT2D eigenvalue weighted by Crippen LogP contribution is -2.48. The number of aromatic amines is 1. The zero-order valence-electron chi connectivity index (χ0n) is 16.3. The number of benzene rings is 2. The Morgan fingerprint density at radius 2 is 1.76 bits per heavy atom. The van der Waals surface area contributed by atoms with Crippen molar-refractivity contribution in [1.82, 2.24) is 14.9 Å². The van der Waals surface area contributed by atoms with Crippen molar-refractivity contribution < 1.29 is 9.53 Å². The third-order valence-corrected chi connectivity index (χ3v) is 5.60. The van der Waals surface area contributed by atoms with E-state index in [0.29, 0.717) is 18.8 Å². The number of fused-ring (bicyclic) bond motifs is 3. The van der Waals surface area contributed by atoms with Gasteiger partial charge < -0.3 is 19.5 Å². The first kappa shape index (κ1) is 17.6. The molecule has 3 heterocycles. The Hall–Kier alpha value is -3.54. The van der Waals surface area contributed by atoms with Crippen LogP contribution in [0.1, 0.15) is 10.5 Å². The van der Waals surface area contributed by atoms with Gasteiger partial charge in [0.25, 0.3) is 5.91 Å². The summed E-state index contributed by atoms with van der Waals surface area (Å²) < 4.78 is 5.23. The van der Waals surface area contributed by atoms with E-state index < -0.39 is 0 Å². The number of hydrogen-bond donors (Lipinski definition) is 1. The molecule has 0 saturated carbocycles. The standard InChI is InChI=1S/C23H22N4O2/c1-29-19-8-6-18(7-9-19)26-11-13-27(14-12-26)23(28)20-15-17-5-4-16-3-2-10-24-21(16)22(17)25-20/h2-10,15,25H,11-14H2,1H3. The lowest BCUT2D eigenvalue weighted by Gasteiger charge is -2.36. The number of hydrogen-bond acceptors (Lipinski definition) is 4. The largest absolute Gasteiger partial charge is 0.497 e. The van der Waals surface area contributed by atoms with E-state index in [1.54, 1.807) is 13.3 Å². The van der Waals surface area contributed by atoms with Gasteiger partial charge in [0.05, 0.1) is 18.1 Å². The highest BCUT2D eigenvalue weighted by Crippen LogP contribution is 2.25. The molecule has 2 aromatic heterocycles. The Morgan fingerprint density at radius 1 is 1.00 bits per heavy atom. The normalized spacial score (nSPS) is 14.5. The lowest BCUT2D eigenvalue weighted by molar-refractivity contribution is 0.0742. The van der Waals surface area contributed by atoms with Gasteiger partial charge in [-0.05, 0) is 36.4 Å². The topological polar surface area (TPSA) is 61.5 Å². The summed E-state index contributed by atoms with van der Waals surface area (Å²) in [4.78, 5) is 25.1. The second kappa shape index (κ2) is 7.13. The van der Waals surface area contributed by atoms with Gasteiger partial charge in [-0.1, -0.05) is 18.2 Å². The Bertz CT molecular complexity index is 1170. The number of carbonyl (C=O) groups excluding carboxylic acids is 1. The van der Waals surface area contributed by atoms with Crippen molar-refractivity contribution in [2.45, 2.75) is 0 Å². The fourth-order valence-corrected chi connectivity index (χ4v) is 3.98. The first-order valence-corrected chi connectivity index (χ1v) is 9.78. The Balaban J connectivity index is 1.33. The summed E-state index contributed by atoms with van der Waals surface area (Å²) in [6, 6.07) is 18.0. The average Bonchev–Trinajstić information content (AvgIpc) is 3.24. The van der Waals surface area contributed by atoms with E-state index in [9.17, 15) is 4.79 Å². The van der Waals surface area contributed by atoms with Gasteiger partial charge in [0.2, 0.25) is 0 Å². The van der Waals surface area contributed by atoms with Crippen molar-refractivity contribution in [2.75, 3.05) is 38.2 Å². The molecule has 146 valence electrons. The van der Waals surface area contributed by atoms with Crippen LogP contribution in [-0.2, 0) is 0 Å². The highest BCUT2D eigenvalue weighted by molar-refractivity contribution is 6.07. The maximum atomic E-state index is 13.1. The van der Waals surface area contributed by atoms with Gasteiger partial charge in [-0.2, -0.15) is 0 Å². The maximum absolute atomic E-state index is 13.1. The van der Waals surface area contributed by atoms with Crippen LogP contribution in [0.3, 0.4) is 0 Å². The number of piperazine rings is 1. The molecule has 0 aliphatic carbocycles. The van der Waals surface area contributed by atoms with Crippen molar-refractivity contribution in [1.29, 1.82) is 0 Å². The molecule has 0 radical (unpaired) electrons.